The molecule has 134 valence electrons. The molecule has 25 heavy (non-hydrogen) atoms. The number of hydrogen-bond donors (Lipinski definition) is 1. The summed E-state index contributed by atoms with van der Waals surface area (Å²) in [6, 6.07) is 3.07. The summed E-state index contributed by atoms with van der Waals surface area (Å²) in [7, 11) is 0. The Morgan fingerprint density at radius 1 is 1.48 bits per heavy atom. The fraction of sp³-hybridized carbons (Fsp3) is 0.438. The molecule has 0 aromatic carbocycles. The van der Waals surface area contributed by atoms with Crippen LogP contribution in [0.1, 0.15) is 35.8 Å². The fourth-order valence-corrected chi connectivity index (χ4v) is 3.23. The first-order valence-electron chi connectivity index (χ1n) is 7.88. The van der Waals surface area contributed by atoms with Gasteiger partial charge in [-0.1, -0.05) is 18.5 Å². The van der Waals surface area contributed by atoms with Crippen molar-refractivity contribution in [3.8, 4) is 5.82 Å². The van der Waals surface area contributed by atoms with E-state index < -0.39 is 24.1 Å². The zero-order valence-electron chi connectivity index (χ0n) is 13.4. The minimum atomic E-state index is -2.94. The summed E-state index contributed by atoms with van der Waals surface area (Å²) < 4.78 is 28.2. The van der Waals surface area contributed by atoms with Crippen LogP contribution in [0.15, 0.2) is 24.5 Å². The van der Waals surface area contributed by atoms with Gasteiger partial charge in [-0.15, -0.1) is 0 Å². The van der Waals surface area contributed by atoms with E-state index in [0.29, 0.717) is 13.0 Å². The highest BCUT2D eigenvalue weighted by Gasteiger charge is 2.36. The number of β-amino-alcohol motifs (C(OH)–C–C–N with tert-alkyl or cyclic N) is 1. The first kappa shape index (κ1) is 17.8. The maximum atomic E-state index is 13.7. The van der Waals surface area contributed by atoms with Crippen LogP contribution in [0.4, 0.5) is 8.78 Å². The van der Waals surface area contributed by atoms with Crippen LogP contribution in [0.5, 0.6) is 0 Å². The quantitative estimate of drug-likeness (QED) is 0.898. The molecule has 2 aromatic rings. The number of halogens is 3. The molecule has 1 aliphatic heterocycles. The Balaban J connectivity index is 1.98. The molecule has 0 spiro atoms. The van der Waals surface area contributed by atoms with Crippen molar-refractivity contribution in [2.75, 3.05) is 13.1 Å². The lowest BCUT2D eigenvalue weighted by Gasteiger charge is -2.16. The molecule has 0 bridgehead atoms. The SMILES string of the molecule is CCC1CN(C(=O)c2cnn(-c3ncccc3Cl)c2C(F)F)CC1O. The monoisotopic (exact) mass is 370 g/mol. The van der Waals surface area contributed by atoms with Crippen molar-refractivity contribution in [3.05, 3.63) is 40.8 Å². The average Bonchev–Trinajstić information content (AvgIpc) is 3.18. The molecule has 6 nitrogen and oxygen atoms in total. The van der Waals surface area contributed by atoms with E-state index in [0.717, 1.165) is 10.9 Å². The van der Waals surface area contributed by atoms with E-state index in [-0.39, 0.29) is 28.9 Å². The third kappa shape index (κ3) is 3.23. The zero-order chi connectivity index (χ0) is 18.1. The molecule has 1 saturated heterocycles. The predicted molar refractivity (Wildman–Crippen MR) is 87.0 cm³/mol. The van der Waals surface area contributed by atoms with E-state index in [1.54, 1.807) is 6.07 Å². The van der Waals surface area contributed by atoms with E-state index >= 15 is 0 Å². The number of carbonyl (C=O) groups excluding carboxylic acids is 1. The number of likely N-dealkylation sites (tertiary alicyclic amines) is 1. The van der Waals surface area contributed by atoms with Crippen molar-refractivity contribution in [1.82, 2.24) is 19.7 Å². The number of aliphatic hydroxyl groups excluding tert-OH is 1. The highest BCUT2D eigenvalue weighted by molar-refractivity contribution is 6.32. The second kappa shape index (κ2) is 7.05. The highest BCUT2D eigenvalue weighted by Crippen LogP contribution is 2.30. The van der Waals surface area contributed by atoms with E-state index in [9.17, 15) is 18.7 Å². The van der Waals surface area contributed by atoms with Crippen LogP contribution in [-0.2, 0) is 0 Å². The number of alkyl halides is 2. The Kier molecular flexibility index (Phi) is 5.01. The normalized spacial score (nSPS) is 20.5. The molecule has 2 aromatic heterocycles. The van der Waals surface area contributed by atoms with Gasteiger partial charge >= 0.3 is 0 Å². The van der Waals surface area contributed by atoms with Gasteiger partial charge < -0.3 is 10.0 Å². The minimum absolute atomic E-state index is 0.0337. The molecule has 3 heterocycles. The number of pyridine rings is 1. The van der Waals surface area contributed by atoms with Crippen LogP contribution in [0.2, 0.25) is 5.02 Å². The van der Waals surface area contributed by atoms with Crippen molar-refractivity contribution in [3.63, 3.8) is 0 Å². The fourth-order valence-electron chi connectivity index (χ4n) is 3.03. The van der Waals surface area contributed by atoms with E-state index in [4.69, 9.17) is 11.6 Å². The minimum Gasteiger partial charge on any atom is -0.391 e. The van der Waals surface area contributed by atoms with Gasteiger partial charge in [0.25, 0.3) is 12.3 Å². The molecule has 2 unspecified atom stereocenters. The summed E-state index contributed by atoms with van der Waals surface area (Å²) in [5, 5.41) is 14.0. The smallest absolute Gasteiger partial charge is 0.281 e. The van der Waals surface area contributed by atoms with Gasteiger partial charge in [0.05, 0.1) is 22.9 Å². The number of aliphatic hydroxyl groups is 1. The summed E-state index contributed by atoms with van der Waals surface area (Å²) in [5.41, 5.74) is -0.763. The van der Waals surface area contributed by atoms with E-state index in [1.165, 1.54) is 17.2 Å². The van der Waals surface area contributed by atoms with Crippen LogP contribution in [0.25, 0.3) is 5.82 Å². The number of amides is 1. The number of rotatable bonds is 4. The van der Waals surface area contributed by atoms with Gasteiger partial charge in [-0.3, -0.25) is 4.79 Å². The predicted octanol–water partition coefficient (Wildman–Crippen LogP) is 2.70. The molecule has 1 amide bonds. The topological polar surface area (TPSA) is 71.2 Å². The molecule has 1 fully saturated rings. The van der Waals surface area contributed by atoms with Crippen LogP contribution in [0.3, 0.4) is 0 Å². The summed E-state index contributed by atoms with van der Waals surface area (Å²) >= 11 is 6.01. The van der Waals surface area contributed by atoms with E-state index in [1.807, 2.05) is 6.92 Å². The van der Waals surface area contributed by atoms with Crippen LogP contribution >= 0.6 is 11.6 Å². The zero-order valence-corrected chi connectivity index (χ0v) is 14.2. The second-order valence-corrected chi connectivity index (χ2v) is 6.32. The number of nitrogens with zero attached hydrogens (tertiary/aromatic N) is 4. The standard InChI is InChI=1S/C16H17ClF2N4O2/c1-2-9-7-22(8-12(9)24)16(25)10-6-21-23(13(10)14(18)19)15-11(17)4-3-5-20-15/h3-6,9,12,14,24H,2,7-8H2,1H3. The van der Waals surface area contributed by atoms with Crippen LogP contribution in [-0.4, -0.2) is 49.9 Å². The molecule has 0 radical (unpaired) electrons. The second-order valence-electron chi connectivity index (χ2n) is 5.91. The third-order valence-electron chi connectivity index (χ3n) is 4.40. The maximum absolute atomic E-state index is 13.7. The largest absolute Gasteiger partial charge is 0.391 e. The Hall–Kier alpha value is -2.06. The molecule has 1 N–H and O–H groups in total. The summed E-state index contributed by atoms with van der Waals surface area (Å²) in [5.74, 6) is -0.603. The van der Waals surface area contributed by atoms with Crippen molar-refractivity contribution in [2.24, 2.45) is 5.92 Å². The lowest BCUT2D eigenvalue weighted by Crippen LogP contribution is -2.30. The lowest BCUT2D eigenvalue weighted by molar-refractivity contribution is 0.0751. The molecule has 0 saturated carbocycles. The Bertz CT molecular complexity index is 783. The first-order valence-corrected chi connectivity index (χ1v) is 8.26. The van der Waals surface area contributed by atoms with Gasteiger partial charge in [0.1, 0.15) is 5.69 Å². The van der Waals surface area contributed by atoms with Gasteiger partial charge in [0, 0.05) is 25.2 Å². The Morgan fingerprint density at radius 3 is 2.84 bits per heavy atom. The van der Waals surface area contributed by atoms with Gasteiger partial charge in [0.15, 0.2) is 5.82 Å². The lowest BCUT2D eigenvalue weighted by atomic mass is 10.0. The Labute approximate surface area is 148 Å². The molecular weight excluding hydrogens is 354 g/mol. The van der Waals surface area contributed by atoms with Gasteiger partial charge in [0.2, 0.25) is 0 Å². The molecule has 2 atom stereocenters. The Morgan fingerprint density at radius 2 is 2.24 bits per heavy atom. The third-order valence-corrected chi connectivity index (χ3v) is 4.70. The highest BCUT2D eigenvalue weighted by atomic mass is 35.5. The molecular formula is C16H17ClF2N4O2. The number of aromatic nitrogens is 3. The van der Waals surface area contributed by atoms with E-state index in [2.05, 4.69) is 10.1 Å². The van der Waals surface area contributed by atoms with Crippen LogP contribution in [0, 0.1) is 5.92 Å². The molecule has 0 aliphatic carbocycles. The molecule has 1 aliphatic rings. The molecule has 3 rings (SSSR count). The maximum Gasteiger partial charge on any atom is 0.281 e. The van der Waals surface area contributed by atoms with Gasteiger partial charge in [-0.25, -0.2) is 18.4 Å². The van der Waals surface area contributed by atoms with Gasteiger partial charge in [-0.05, 0) is 18.6 Å². The van der Waals surface area contributed by atoms with Crippen molar-refractivity contribution in [1.29, 1.82) is 0 Å². The van der Waals surface area contributed by atoms with Crippen molar-refractivity contribution < 1.29 is 18.7 Å². The van der Waals surface area contributed by atoms with Crippen molar-refractivity contribution in [2.45, 2.75) is 25.9 Å². The van der Waals surface area contributed by atoms with Gasteiger partial charge in [-0.2, -0.15) is 5.10 Å². The summed E-state index contributed by atoms with van der Waals surface area (Å²) in [6.45, 7) is 2.36. The number of carbonyl (C=O) groups is 1. The van der Waals surface area contributed by atoms with Crippen LogP contribution < -0.4 is 0 Å². The molecule has 9 heteroatoms. The number of hydrogen-bond acceptors (Lipinski definition) is 4. The summed E-state index contributed by atoms with van der Waals surface area (Å²) in [6.07, 6.45) is -0.378. The summed E-state index contributed by atoms with van der Waals surface area (Å²) in [4.78, 5) is 18.0. The first-order chi connectivity index (χ1) is 11.9. The van der Waals surface area contributed by atoms with Crippen molar-refractivity contribution >= 4 is 17.5 Å². The average molecular weight is 371 g/mol.